The van der Waals surface area contributed by atoms with E-state index in [4.69, 9.17) is 14.5 Å². The third-order valence-corrected chi connectivity index (χ3v) is 7.25. The summed E-state index contributed by atoms with van der Waals surface area (Å²) in [7, 11) is 3.01. The number of thiazole rings is 1. The molecule has 0 aliphatic carbocycles. The molecular formula is C28H24N2O5S. The summed E-state index contributed by atoms with van der Waals surface area (Å²) in [5.41, 5.74) is 3.71. The van der Waals surface area contributed by atoms with Gasteiger partial charge in [-0.15, -0.1) is 0 Å². The Kier molecular flexibility index (Phi) is 5.97. The van der Waals surface area contributed by atoms with Gasteiger partial charge in [0.25, 0.3) is 5.78 Å². The number of aryl methyl sites for hydroxylation is 2. The SMILES string of the molecule is COc1cccc([C@@H]2C(=C(O)c3ccccc3)C(=O)C(=O)N2c2nc3c(C)cc(C)cc3s2)c1OC. The zero-order valence-electron chi connectivity index (χ0n) is 20.2. The van der Waals surface area contributed by atoms with E-state index in [2.05, 4.69) is 0 Å². The Morgan fingerprint density at radius 2 is 1.75 bits per heavy atom. The van der Waals surface area contributed by atoms with Crippen LogP contribution in [-0.4, -0.2) is 36.0 Å². The number of carbonyl (C=O) groups is 2. The number of Topliss-reactive ketones (excluding diaryl/α,β-unsaturated/α-hetero) is 1. The van der Waals surface area contributed by atoms with E-state index in [1.54, 1.807) is 42.5 Å². The van der Waals surface area contributed by atoms with E-state index in [9.17, 15) is 14.7 Å². The molecule has 0 unspecified atom stereocenters. The summed E-state index contributed by atoms with van der Waals surface area (Å²) in [5.74, 6) is -1.02. The van der Waals surface area contributed by atoms with Gasteiger partial charge >= 0.3 is 5.91 Å². The van der Waals surface area contributed by atoms with Crippen molar-refractivity contribution in [2.45, 2.75) is 19.9 Å². The lowest BCUT2D eigenvalue weighted by Gasteiger charge is -2.25. The minimum absolute atomic E-state index is 0.0371. The molecule has 182 valence electrons. The fraction of sp³-hybridized carbons (Fsp3) is 0.179. The molecule has 4 aromatic rings. The molecule has 0 radical (unpaired) electrons. The number of para-hydroxylation sites is 1. The molecule has 1 aliphatic heterocycles. The van der Waals surface area contributed by atoms with Crippen LogP contribution in [0.25, 0.3) is 16.0 Å². The number of ketones is 1. The lowest BCUT2D eigenvalue weighted by Crippen LogP contribution is -2.29. The van der Waals surface area contributed by atoms with E-state index in [1.807, 2.05) is 32.0 Å². The number of fused-ring (bicyclic) bond motifs is 1. The molecule has 1 N–H and O–H groups in total. The molecular weight excluding hydrogens is 476 g/mol. The Labute approximate surface area is 212 Å². The van der Waals surface area contributed by atoms with Crippen LogP contribution in [0.4, 0.5) is 5.13 Å². The number of ether oxygens (including phenoxy) is 2. The zero-order valence-corrected chi connectivity index (χ0v) is 21.1. The molecule has 0 spiro atoms. The molecule has 1 amide bonds. The summed E-state index contributed by atoms with van der Waals surface area (Å²) in [6.45, 7) is 3.96. The minimum atomic E-state index is -0.975. The van der Waals surface area contributed by atoms with Gasteiger partial charge in [-0.05, 0) is 37.1 Å². The highest BCUT2D eigenvalue weighted by Crippen LogP contribution is 2.48. The van der Waals surface area contributed by atoms with E-state index in [-0.39, 0.29) is 11.3 Å². The predicted octanol–water partition coefficient (Wildman–Crippen LogP) is 5.56. The summed E-state index contributed by atoms with van der Waals surface area (Å²) in [4.78, 5) is 33.1. The maximum absolute atomic E-state index is 13.5. The smallest absolute Gasteiger partial charge is 0.301 e. The van der Waals surface area contributed by atoms with E-state index in [1.165, 1.54) is 30.5 Å². The summed E-state index contributed by atoms with van der Waals surface area (Å²) in [5, 5.41) is 11.7. The van der Waals surface area contributed by atoms with Crippen LogP contribution in [-0.2, 0) is 9.59 Å². The highest BCUT2D eigenvalue weighted by molar-refractivity contribution is 7.22. The number of aliphatic hydroxyl groups excluding tert-OH is 1. The van der Waals surface area contributed by atoms with Crippen molar-refractivity contribution in [3.63, 3.8) is 0 Å². The first-order chi connectivity index (χ1) is 17.3. The average Bonchev–Trinajstić information content (AvgIpc) is 3.42. The summed E-state index contributed by atoms with van der Waals surface area (Å²) < 4.78 is 12.1. The van der Waals surface area contributed by atoms with Gasteiger partial charge in [0.2, 0.25) is 0 Å². The number of nitrogens with zero attached hydrogens (tertiary/aromatic N) is 2. The third-order valence-electron chi connectivity index (χ3n) is 6.24. The summed E-state index contributed by atoms with van der Waals surface area (Å²) in [6.07, 6.45) is 0. The topological polar surface area (TPSA) is 89.0 Å². The van der Waals surface area contributed by atoms with Gasteiger partial charge in [-0.3, -0.25) is 14.5 Å². The highest BCUT2D eigenvalue weighted by atomic mass is 32.1. The maximum Gasteiger partial charge on any atom is 0.301 e. The van der Waals surface area contributed by atoms with Gasteiger partial charge in [-0.25, -0.2) is 4.98 Å². The van der Waals surface area contributed by atoms with Gasteiger partial charge in [0.05, 0.1) is 30.0 Å². The van der Waals surface area contributed by atoms with Gasteiger partial charge in [0.15, 0.2) is 16.6 Å². The van der Waals surface area contributed by atoms with Crippen molar-refractivity contribution in [1.29, 1.82) is 0 Å². The quantitative estimate of drug-likeness (QED) is 0.219. The lowest BCUT2D eigenvalue weighted by molar-refractivity contribution is -0.132. The van der Waals surface area contributed by atoms with Crippen molar-refractivity contribution in [3.05, 3.63) is 88.5 Å². The number of methoxy groups -OCH3 is 2. The zero-order chi connectivity index (χ0) is 25.6. The van der Waals surface area contributed by atoms with Gasteiger partial charge in [-0.2, -0.15) is 0 Å². The standard InChI is InChI=1S/C28H24N2O5S/c1-15-13-16(2)22-20(14-15)36-28(29-22)30-23(18-11-8-12-19(34-3)26(18)35-4)21(25(32)27(30)33)24(31)17-9-6-5-7-10-17/h5-14,23,31H,1-4H3/t23-/m1/s1. The minimum Gasteiger partial charge on any atom is -0.507 e. The molecule has 3 aromatic carbocycles. The van der Waals surface area contributed by atoms with Crippen molar-refractivity contribution in [3.8, 4) is 11.5 Å². The van der Waals surface area contributed by atoms with Crippen LogP contribution in [0.2, 0.25) is 0 Å². The molecule has 1 aliphatic rings. The predicted molar refractivity (Wildman–Crippen MR) is 140 cm³/mol. The van der Waals surface area contributed by atoms with Gasteiger partial charge in [0.1, 0.15) is 11.8 Å². The Balaban J connectivity index is 1.80. The van der Waals surface area contributed by atoms with Crippen LogP contribution in [0.15, 0.2) is 66.2 Å². The van der Waals surface area contributed by atoms with E-state index in [0.29, 0.717) is 27.8 Å². The van der Waals surface area contributed by atoms with Crippen molar-refractivity contribution in [1.82, 2.24) is 4.98 Å². The first-order valence-corrected chi connectivity index (χ1v) is 12.1. The number of hydrogen-bond donors (Lipinski definition) is 1. The van der Waals surface area contributed by atoms with E-state index >= 15 is 0 Å². The van der Waals surface area contributed by atoms with Crippen molar-refractivity contribution < 1.29 is 24.2 Å². The summed E-state index contributed by atoms with van der Waals surface area (Å²) >= 11 is 1.33. The Bertz CT molecular complexity index is 1540. The summed E-state index contributed by atoms with van der Waals surface area (Å²) in [6, 6.07) is 17.0. The fourth-order valence-corrected chi connectivity index (χ4v) is 5.83. The third kappa shape index (κ3) is 3.70. The van der Waals surface area contributed by atoms with Gasteiger partial charge in [0, 0.05) is 11.1 Å². The highest BCUT2D eigenvalue weighted by Gasteiger charge is 2.49. The monoisotopic (exact) mass is 500 g/mol. The number of hydrogen-bond acceptors (Lipinski definition) is 7. The molecule has 1 aromatic heterocycles. The average molecular weight is 501 g/mol. The second-order valence-corrected chi connectivity index (χ2v) is 9.55. The molecule has 1 fully saturated rings. The Morgan fingerprint density at radius 1 is 1.00 bits per heavy atom. The normalized spacial score (nSPS) is 17.1. The van der Waals surface area contributed by atoms with Crippen molar-refractivity contribution >= 4 is 44.1 Å². The number of carbonyl (C=O) groups excluding carboxylic acids is 2. The molecule has 0 saturated carbocycles. The van der Waals surface area contributed by atoms with E-state index in [0.717, 1.165) is 21.3 Å². The number of benzene rings is 3. The molecule has 1 saturated heterocycles. The van der Waals surface area contributed by atoms with Crippen LogP contribution in [0.1, 0.15) is 28.3 Å². The van der Waals surface area contributed by atoms with Crippen LogP contribution in [0.5, 0.6) is 11.5 Å². The Hall–Kier alpha value is -4.17. The lowest BCUT2D eigenvalue weighted by atomic mass is 9.94. The second kappa shape index (κ2) is 9.13. The Morgan fingerprint density at radius 3 is 2.44 bits per heavy atom. The number of aromatic nitrogens is 1. The van der Waals surface area contributed by atoms with Crippen LogP contribution in [0, 0.1) is 13.8 Å². The first kappa shape index (κ1) is 23.6. The van der Waals surface area contributed by atoms with Gasteiger partial charge in [-0.1, -0.05) is 59.9 Å². The number of rotatable bonds is 5. The number of aliphatic hydroxyl groups is 1. The maximum atomic E-state index is 13.5. The van der Waals surface area contributed by atoms with Crippen molar-refractivity contribution in [2.24, 2.45) is 0 Å². The fourth-order valence-electron chi connectivity index (χ4n) is 4.66. The number of amides is 1. The van der Waals surface area contributed by atoms with Crippen LogP contribution in [0.3, 0.4) is 0 Å². The van der Waals surface area contributed by atoms with Crippen molar-refractivity contribution in [2.75, 3.05) is 19.1 Å². The largest absolute Gasteiger partial charge is 0.507 e. The van der Waals surface area contributed by atoms with E-state index < -0.39 is 17.7 Å². The molecule has 1 atom stereocenters. The second-order valence-electron chi connectivity index (χ2n) is 8.54. The molecule has 2 heterocycles. The molecule has 36 heavy (non-hydrogen) atoms. The molecule has 8 heteroatoms. The number of anilines is 1. The van der Waals surface area contributed by atoms with Crippen LogP contribution < -0.4 is 14.4 Å². The molecule has 5 rings (SSSR count). The van der Waals surface area contributed by atoms with Crippen LogP contribution >= 0.6 is 11.3 Å². The van der Waals surface area contributed by atoms with Gasteiger partial charge < -0.3 is 14.6 Å². The molecule has 7 nitrogen and oxygen atoms in total. The molecule has 0 bridgehead atoms. The first-order valence-electron chi connectivity index (χ1n) is 11.3.